The minimum Gasteiger partial charge on any atom is -0.478 e. The minimum atomic E-state index is -1.26. The van der Waals surface area contributed by atoms with Crippen molar-refractivity contribution < 1.29 is 24.0 Å². The van der Waals surface area contributed by atoms with Gasteiger partial charge >= 0.3 is 11.7 Å². The first-order chi connectivity index (χ1) is 9.90. The summed E-state index contributed by atoms with van der Waals surface area (Å²) < 4.78 is 19.1. The molecule has 2 rings (SSSR count). The second-order valence-electron chi connectivity index (χ2n) is 4.23. The van der Waals surface area contributed by atoms with Gasteiger partial charge in [0, 0.05) is 12.1 Å². The summed E-state index contributed by atoms with van der Waals surface area (Å²) in [5.41, 5.74) is -0.325. The van der Waals surface area contributed by atoms with Crippen molar-refractivity contribution in [1.82, 2.24) is 0 Å². The maximum absolute atomic E-state index is 13.9. The van der Waals surface area contributed by atoms with Gasteiger partial charge in [0.1, 0.15) is 0 Å². The van der Waals surface area contributed by atoms with Gasteiger partial charge in [-0.1, -0.05) is 12.1 Å². The van der Waals surface area contributed by atoms with Crippen LogP contribution in [0.5, 0.6) is 11.5 Å². The van der Waals surface area contributed by atoms with Gasteiger partial charge in [0.05, 0.1) is 10.5 Å². The second kappa shape index (κ2) is 5.58. The van der Waals surface area contributed by atoms with Crippen molar-refractivity contribution in [1.29, 1.82) is 0 Å². The Balaban J connectivity index is 2.51. The zero-order valence-electron chi connectivity index (χ0n) is 10.9. The van der Waals surface area contributed by atoms with E-state index in [1.807, 2.05) is 0 Å². The van der Waals surface area contributed by atoms with Gasteiger partial charge in [-0.25, -0.2) is 9.18 Å². The highest BCUT2D eigenvalue weighted by Crippen LogP contribution is 2.34. The van der Waals surface area contributed by atoms with Crippen molar-refractivity contribution in [3.05, 3.63) is 63.5 Å². The topological polar surface area (TPSA) is 89.7 Å². The van der Waals surface area contributed by atoms with Crippen molar-refractivity contribution >= 4 is 11.7 Å². The first-order valence-electron chi connectivity index (χ1n) is 5.85. The summed E-state index contributed by atoms with van der Waals surface area (Å²) in [6, 6.07) is 7.43. The average molecular weight is 291 g/mol. The first-order valence-corrected chi connectivity index (χ1v) is 5.85. The standard InChI is InChI=1S/C14H10FNO5/c1-8-3-2-4-11(13(8)15)21-12-7-9(14(17)18)5-6-10(12)16(19)20/h2-7H,1H3,(H,17,18). The van der Waals surface area contributed by atoms with Gasteiger partial charge in [-0.15, -0.1) is 0 Å². The number of nitrogens with zero attached hydrogens (tertiary/aromatic N) is 1. The lowest BCUT2D eigenvalue weighted by atomic mass is 10.2. The molecule has 0 aromatic heterocycles. The molecule has 0 aliphatic carbocycles. The smallest absolute Gasteiger partial charge is 0.335 e. The fourth-order valence-corrected chi connectivity index (χ4v) is 1.70. The second-order valence-corrected chi connectivity index (χ2v) is 4.23. The van der Waals surface area contributed by atoms with Gasteiger partial charge in [0.2, 0.25) is 5.75 Å². The van der Waals surface area contributed by atoms with E-state index in [1.54, 1.807) is 0 Å². The molecular weight excluding hydrogens is 281 g/mol. The summed E-state index contributed by atoms with van der Waals surface area (Å²) in [4.78, 5) is 21.1. The van der Waals surface area contributed by atoms with E-state index >= 15 is 0 Å². The van der Waals surface area contributed by atoms with Crippen molar-refractivity contribution in [2.75, 3.05) is 0 Å². The molecule has 0 saturated carbocycles. The van der Waals surface area contributed by atoms with Crippen LogP contribution in [0.4, 0.5) is 10.1 Å². The lowest BCUT2D eigenvalue weighted by molar-refractivity contribution is -0.385. The molecule has 0 bridgehead atoms. The molecule has 108 valence electrons. The fourth-order valence-electron chi connectivity index (χ4n) is 1.70. The molecule has 0 spiro atoms. The summed E-state index contributed by atoms with van der Waals surface area (Å²) >= 11 is 0. The maximum atomic E-state index is 13.9. The number of nitro groups is 1. The molecule has 2 aromatic rings. The summed E-state index contributed by atoms with van der Waals surface area (Å²) in [6.07, 6.45) is 0. The van der Waals surface area contributed by atoms with E-state index < -0.39 is 22.4 Å². The number of aromatic carboxylic acids is 1. The van der Waals surface area contributed by atoms with E-state index in [0.717, 1.165) is 18.2 Å². The zero-order valence-corrected chi connectivity index (χ0v) is 10.9. The number of hydrogen-bond donors (Lipinski definition) is 1. The summed E-state index contributed by atoms with van der Waals surface area (Å²) in [6.45, 7) is 1.52. The number of rotatable bonds is 4. The molecule has 6 nitrogen and oxygen atoms in total. The van der Waals surface area contributed by atoms with Gasteiger partial charge in [-0.3, -0.25) is 10.1 Å². The molecule has 2 aromatic carbocycles. The first kappa shape index (κ1) is 14.4. The van der Waals surface area contributed by atoms with E-state index in [9.17, 15) is 19.3 Å². The molecule has 0 radical (unpaired) electrons. The fraction of sp³-hybridized carbons (Fsp3) is 0.0714. The van der Waals surface area contributed by atoms with Gasteiger partial charge in [0.25, 0.3) is 0 Å². The number of carbonyl (C=O) groups is 1. The van der Waals surface area contributed by atoms with Gasteiger partial charge in [0.15, 0.2) is 11.6 Å². The van der Waals surface area contributed by atoms with Crippen molar-refractivity contribution in [2.24, 2.45) is 0 Å². The Morgan fingerprint density at radius 1 is 1.29 bits per heavy atom. The molecule has 0 saturated heterocycles. The van der Waals surface area contributed by atoms with E-state index in [-0.39, 0.29) is 17.1 Å². The molecule has 0 aliphatic heterocycles. The predicted octanol–water partition coefficient (Wildman–Crippen LogP) is 3.53. The minimum absolute atomic E-state index is 0.191. The molecule has 0 aliphatic rings. The van der Waals surface area contributed by atoms with Crippen molar-refractivity contribution in [2.45, 2.75) is 6.92 Å². The van der Waals surface area contributed by atoms with Crippen LogP contribution in [0.3, 0.4) is 0 Å². The largest absolute Gasteiger partial charge is 0.478 e. The average Bonchev–Trinajstić information content (AvgIpc) is 2.43. The Morgan fingerprint density at radius 2 is 2.00 bits per heavy atom. The van der Waals surface area contributed by atoms with Gasteiger partial charge in [-0.2, -0.15) is 0 Å². The Bertz CT molecular complexity index is 729. The van der Waals surface area contributed by atoms with E-state index in [2.05, 4.69) is 0 Å². The molecule has 0 heterocycles. The third kappa shape index (κ3) is 2.97. The third-order valence-corrected chi connectivity index (χ3v) is 2.78. The third-order valence-electron chi connectivity index (χ3n) is 2.78. The van der Waals surface area contributed by atoms with Gasteiger partial charge in [-0.05, 0) is 24.6 Å². The van der Waals surface area contributed by atoms with Crippen molar-refractivity contribution in [3.63, 3.8) is 0 Å². The van der Waals surface area contributed by atoms with Crippen LogP contribution in [0.15, 0.2) is 36.4 Å². The molecule has 0 atom stereocenters. The highest BCUT2D eigenvalue weighted by atomic mass is 19.1. The Labute approximate surface area is 118 Å². The zero-order chi connectivity index (χ0) is 15.6. The van der Waals surface area contributed by atoms with Crippen LogP contribution in [0.1, 0.15) is 15.9 Å². The number of aryl methyl sites for hydroxylation is 1. The van der Waals surface area contributed by atoms with Crippen LogP contribution in [-0.2, 0) is 0 Å². The van der Waals surface area contributed by atoms with Crippen LogP contribution in [0, 0.1) is 22.9 Å². The van der Waals surface area contributed by atoms with Crippen LogP contribution in [0.2, 0.25) is 0 Å². The number of halogens is 1. The van der Waals surface area contributed by atoms with Crippen molar-refractivity contribution in [3.8, 4) is 11.5 Å². The number of benzene rings is 2. The molecule has 21 heavy (non-hydrogen) atoms. The summed E-state index contributed by atoms with van der Waals surface area (Å²) in [5.74, 6) is -2.46. The summed E-state index contributed by atoms with van der Waals surface area (Å²) in [7, 11) is 0. The number of carboxylic acid groups (broad SMARTS) is 1. The molecule has 1 N–H and O–H groups in total. The SMILES string of the molecule is Cc1cccc(Oc2cc(C(=O)O)ccc2[N+](=O)[O-])c1F. The number of ether oxygens (including phenoxy) is 1. The van der Waals surface area contributed by atoms with Gasteiger partial charge < -0.3 is 9.84 Å². The predicted molar refractivity (Wildman–Crippen MR) is 71.3 cm³/mol. The normalized spacial score (nSPS) is 10.2. The molecule has 0 amide bonds. The Kier molecular flexibility index (Phi) is 3.84. The number of carboxylic acids is 1. The lowest BCUT2D eigenvalue weighted by Crippen LogP contribution is -2.00. The highest BCUT2D eigenvalue weighted by Gasteiger charge is 2.20. The highest BCUT2D eigenvalue weighted by molar-refractivity contribution is 5.88. The number of hydrogen-bond acceptors (Lipinski definition) is 4. The van der Waals surface area contributed by atoms with Crippen LogP contribution in [0.25, 0.3) is 0 Å². The summed E-state index contributed by atoms with van der Waals surface area (Å²) in [5, 5.41) is 19.8. The van der Waals surface area contributed by atoms with E-state index in [4.69, 9.17) is 9.84 Å². The molecule has 0 unspecified atom stereocenters. The van der Waals surface area contributed by atoms with E-state index in [1.165, 1.54) is 25.1 Å². The Morgan fingerprint density at radius 3 is 2.62 bits per heavy atom. The molecule has 7 heteroatoms. The monoisotopic (exact) mass is 291 g/mol. The quantitative estimate of drug-likeness (QED) is 0.687. The van der Waals surface area contributed by atoms with Crippen LogP contribution in [-0.4, -0.2) is 16.0 Å². The van der Waals surface area contributed by atoms with Crippen LogP contribution < -0.4 is 4.74 Å². The maximum Gasteiger partial charge on any atom is 0.335 e. The molecule has 0 fully saturated rings. The molecular formula is C14H10FNO5. The Hall–Kier alpha value is -2.96. The van der Waals surface area contributed by atoms with Crippen LogP contribution >= 0.6 is 0 Å². The van der Waals surface area contributed by atoms with E-state index in [0.29, 0.717) is 5.56 Å². The number of nitro benzene ring substituents is 1. The lowest BCUT2D eigenvalue weighted by Gasteiger charge is -2.09.